The molecule has 1 N–H and O–H groups in total. The molecule has 3 heteroatoms. The summed E-state index contributed by atoms with van der Waals surface area (Å²) in [5, 5.41) is 4.14. The Balaban J connectivity index is 1.99. The molecule has 104 valence electrons. The fourth-order valence-corrected chi connectivity index (χ4v) is 1.77. The van der Waals surface area contributed by atoms with Gasteiger partial charge >= 0.3 is 0 Å². The van der Waals surface area contributed by atoms with Gasteiger partial charge in [0.25, 0.3) is 0 Å². The van der Waals surface area contributed by atoms with E-state index in [0.29, 0.717) is 0 Å². The van der Waals surface area contributed by atoms with E-state index in [9.17, 15) is 4.39 Å². The molecule has 0 bridgehead atoms. The van der Waals surface area contributed by atoms with Crippen LogP contribution in [-0.4, -0.2) is 6.21 Å². The van der Waals surface area contributed by atoms with Crippen LogP contribution in [0, 0.1) is 5.82 Å². The largest absolute Gasteiger partial charge is 0.279 e. The van der Waals surface area contributed by atoms with Crippen molar-refractivity contribution >= 4 is 11.9 Å². The smallest absolute Gasteiger partial charge is 0.123 e. The first-order valence-electron chi connectivity index (χ1n) is 6.60. The van der Waals surface area contributed by atoms with E-state index in [1.807, 2.05) is 12.1 Å². The minimum atomic E-state index is -0.253. The van der Waals surface area contributed by atoms with Crippen LogP contribution < -0.4 is 5.43 Å². The normalized spacial score (nSPS) is 11.8. The van der Waals surface area contributed by atoms with Gasteiger partial charge < -0.3 is 0 Å². The summed E-state index contributed by atoms with van der Waals surface area (Å²) in [6, 6.07) is 14.4. The van der Waals surface area contributed by atoms with Crippen LogP contribution in [0.4, 0.5) is 10.1 Å². The van der Waals surface area contributed by atoms with Crippen LogP contribution >= 0.6 is 0 Å². The second-order valence-electron chi connectivity index (χ2n) is 5.75. The molecule has 0 fully saturated rings. The summed E-state index contributed by atoms with van der Waals surface area (Å²) >= 11 is 0. The van der Waals surface area contributed by atoms with Gasteiger partial charge in [-0.2, -0.15) is 5.10 Å². The van der Waals surface area contributed by atoms with Gasteiger partial charge in [-0.25, -0.2) is 4.39 Å². The lowest BCUT2D eigenvalue weighted by Gasteiger charge is -2.18. The zero-order chi connectivity index (χ0) is 14.6. The lowest BCUT2D eigenvalue weighted by atomic mass is 9.87. The Morgan fingerprint density at radius 3 is 2.10 bits per heavy atom. The monoisotopic (exact) mass is 270 g/mol. The lowest BCUT2D eigenvalue weighted by molar-refractivity contribution is 0.590. The summed E-state index contributed by atoms with van der Waals surface area (Å²) in [5.74, 6) is -0.253. The summed E-state index contributed by atoms with van der Waals surface area (Å²) in [4.78, 5) is 0. The number of nitrogens with one attached hydrogen (secondary N) is 1. The van der Waals surface area contributed by atoms with Gasteiger partial charge in [-0.3, -0.25) is 5.43 Å². The number of rotatable bonds is 3. The highest BCUT2D eigenvalue weighted by molar-refractivity contribution is 5.80. The van der Waals surface area contributed by atoms with Crippen molar-refractivity contribution in [3.05, 3.63) is 65.5 Å². The first kappa shape index (κ1) is 14.3. The molecule has 0 unspecified atom stereocenters. The quantitative estimate of drug-likeness (QED) is 0.641. The highest BCUT2D eigenvalue weighted by Gasteiger charge is 2.12. The Bertz CT molecular complexity index is 578. The highest BCUT2D eigenvalue weighted by Crippen LogP contribution is 2.21. The van der Waals surface area contributed by atoms with Crippen LogP contribution in [0.25, 0.3) is 0 Å². The fraction of sp³-hybridized carbons (Fsp3) is 0.235. The van der Waals surface area contributed by atoms with Crippen molar-refractivity contribution in [2.45, 2.75) is 26.2 Å². The van der Waals surface area contributed by atoms with Crippen molar-refractivity contribution in [3.63, 3.8) is 0 Å². The van der Waals surface area contributed by atoms with Crippen LogP contribution in [0.3, 0.4) is 0 Å². The van der Waals surface area contributed by atoms with Gasteiger partial charge in [-0.1, -0.05) is 45.0 Å². The van der Waals surface area contributed by atoms with Gasteiger partial charge in [0.15, 0.2) is 0 Å². The maximum atomic E-state index is 12.7. The van der Waals surface area contributed by atoms with Crippen molar-refractivity contribution < 1.29 is 4.39 Å². The maximum Gasteiger partial charge on any atom is 0.123 e. The zero-order valence-electron chi connectivity index (χ0n) is 12.0. The lowest BCUT2D eigenvalue weighted by Crippen LogP contribution is -2.10. The van der Waals surface area contributed by atoms with Gasteiger partial charge in [0.05, 0.1) is 11.9 Å². The Morgan fingerprint density at radius 2 is 1.55 bits per heavy atom. The minimum Gasteiger partial charge on any atom is -0.279 e. The number of hydrogen-bond donors (Lipinski definition) is 1. The van der Waals surface area contributed by atoms with Crippen LogP contribution in [-0.2, 0) is 5.41 Å². The molecular formula is C17H19FN2. The van der Waals surface area contributed by atoms with Crippen molar-refractivity contribution in [2.24, 2.45) is 5.10 Å². The Morgan fingerprint density at radius 1 is 0.950 bits per heavy atom. The van der Waals surface area contributed by atoms with Crippen molar-refractivity contribution in [3.8, 4) is 0 Å². The molecule has 2 aromatic carbocycles. The van der Waals surface area contributed by atoms with E-state index in [-0.39, 0.29) is 11.2 Å². The number of hydrazone groups is 1. The zero-order valence-corrected chi connectivity index (χ0v) is 12.0. The Hall–Kier alpha value is -2.16. The standard InChI is InChI=1S/C17H19FN2/c1-17(2,3)14-6-4-13(5-7-14)12-19-20-16-10-8-15(18)9-11-16/h4-12,20H,1-3H3/b19-12+. The first-order valence-corrected chi connectivity index (χ1v) is 6.60. The molecule has 0 heterocycles. The summed E-state index contributed by atoms with van der Waals surface area (Å²) in [6.45, 7) is 6.56. The van der Waals surface area contributed by atoms with Crippen molar-refractivity contribution in [1.29, 1.82) is 0 Å². The molecule has 0 aliphatic rings. The Kier molecular flexibility index (Phi) is 4.18. The molecule has 0 saturated carbocycles. The van der Waals surface area contributed by atoms with Gasteiger partial charge in [0.2, 0.25) is 0 Å². The molecule has 0 radical (unpaired) electrons. The van der Waals surface area contributed by atoms with E-state index in [2.05, 4.69) is 43.4 Å². The third kappa shape index (κ3) is 3.92. The second kappa shape index (κ2) is 5.87. The van der Waals surface area contributed by atoms with Gasteiger partial charge in [-0.15, -0.1) is 0 Å². The molecule has 0 aromatic heterocycles. The molecule has 20 heavy (non-hydrogen) atoms. The van der Waals surface area contributed by atoms with Gasteiger partial charge in [0.1, 0.15) is 5.82 Å². The van der Waals surface area contributed by atoms with E-state index < -0.39 is 0 Å². The molecule has 0 aliphatic heterocycles. The summed E-state index contributed by atoms with van der Waals surface area (Å²) in [6.07, 6.45) is 1.75. The fourth-order valence-electron chi connectivity index (χ4n) is 1.77. The van der Waals surface area contributed by atoms with E-state index in [1.54, 1.807) is 18.3 Å². The Labute approximate surface area is 119 Å². The maximum absolute atomic E-state index is 12.7. The number of hydrogen-bond acceptors (Lipinski definition) is 2. The number of nitrogens with zero attached hydrogens (tertiary/aromatic N) is 1. The summed E-state index contributed by atoms with van der Waals surface area (Å²) < 4.78 is 12.7. The number of anilines is 1. The summed E-state index contributed by atoms with van der Waals surface area (Å²) in [7, 11) is 0. The van der Waals surface area contributed by atoms with Crippen LogP contribution in [0.1, 0.15) is 31.9 Å². The van der Waals surface area contributed by atoms with E-state index in [0.717, 1.165) is 11.3 Å². The minimum absolute atomic E-state index is 0.155. The summed E-state index contributed by atoms with van der Waals surface area (Å²) in [5.41, 5.74) is 6.09. The van der Waals surface area contributed by atoms with Crippen LogP contribution in [0.5, 0.6) is 0 Å². The predicted octanol–water partition coefficient (Wildman–Crippen LogP) is 4.57. The second-order valence-corrected chi connectivity index (χ2v) is 5.75. The topological polar surface area (TPSA) is 24.4 Å². The van der Waals surface area contributed by atoms with E-state index in [4.69, 9.17) is 0 Å². The van der Waals surface area contributed by atoms with Crippen LogP contribution in [0.2, 0.25) is 0 Å². The molecule has 0 aliphatic carbocycles. The van der Waals surface area contributed by atoms with Gasteiger partial charge in [-0.05, 0) is 40.8 Å². The van der Waals surface area contributed by atoms with Crippen molar-refractivity contribution in [2.75, 3.05) is 5.43 Å². The van der Waals surface area contributed by atoms with Gasteiger partial charge in [0, 0.05) is 0 Å². The molecule has 0 spiro atoms. The van der Waals surface area contributed by atoms with E-state index >= 15 is 0 Å². The first-order chi connectivity index (χ1) is 9.45. The average Bonchev–Trinajstić information content (AvgIpc) is 2.41. The van der Waals surface area contributed by atoms with Crippen LogP contribution in [0.15, 0.2) is 53.6 Å². The molecular weight excluding hydrogens is 251 g/mol. The molecule has 2 rings (SSSR count). The number of benzene rings is 2. The predicted molar refractivity (Wildman–Crippen MR) is 82.8 cm³/mol. The molecule has 2 aromatic rings. The SMILES string of the molecule is CC(C)(C)c1ccc(/C=N/Nc2ccc(F)cc2)cc1. The number of halogens is 1. The highest BCUT2D eigenvalue weighted by atomic mass is 19.1. The molecule has 0 atom stereocenters. The third-order valence-electron chi connectivity index (χ3n) is 3.03. The van der Waals surface area contributed by atoms with E-state index in [1.165, 1.54) is 17.7 Å². The molecule has 0 amide bonds. The van der Waals surface area contributed by atoms with Crippen molar-refractivity contribution in [1.82, 2.24) is 0 Å². The third-order valence-corrected chi connectivity index (χ3v) is 3.03. The average molecular weight is 270 g/mol. The molecule has 0 saturated heterocycles. The molecule has 2 nitrogen and oxygen atoms in total.